The number of hydrogen-bond acceptors (Lipinski definition) is 2. The smallest absolute Gasteiger partial charge is 0.0409 e. The summed E-state index contributed by atoms with van der Waals surface area (Å²) in [4.78, 5) is 2.56. The third kappa shape index (κ3) is 3.98. The van der Waals surface area contributed by atoms with Crippen molar-refractivity contribution in [3.05, 3.63) is 34.9 Å². The zero-order chi connectivity index (χ0) is 13.0. The Morgan fingerprint density at radius 3 is 2.94 bits per heavy atom. The van der Waals surface area contributed by atoms with E-state index < -0.39 is 0 Å². The fraction of sp³-hybridized carbons (Fsp3) is 0.600. The fourth-order valence-electron chi connectivity index (χ4n) is 2.57. The van der Waals surface area contributed by atoms with Gasteiger partial charge in [-0.2, -0.15) is 0 Å². The van der Waals surface area contributed by atoms with E-state index in [9.17, 15) is 0 Å². The average Bonchev–Trinajstić information content (AvgIpc) is 2.78. The van der Waals surface area contributed by atoms with E-state index in [-0.39, 0.29) is 0 Å². The van der Waals surface area contributed by atoms with Crippen LogP contribution in [0.1, 0.15) is 25.8 Å². The lowest BCUT2D eigenvalue weighted by atomic mass is 10.1. The molecule has 2 nitrogen and oxygen atoms in total. The Hall–Kier alpha value is -0.570. The summed E-state index contributed by atoms with van der Waals surface area (Å²) in [7, 11) is 0. The second-order valence-corrected chi connectivity index (χ2v) is 5.94. The molecule has 0 aromatic heterocycles. The van der Waals surface area contributed by atoms with Crippen LogP contribution < -0.4 is 5.32 Å². The molecule has 0 aliphatic carbocycles. The van der Waals surface area contributed by atoms with E-state index in [2.05, 4.69) is 30.1 Å². The van der Waals surface area contributed by atoms with Crippen LogP contribution in [0.4, 0.5) is 0 Å². The average molecular weight is 267 g/mol. The molecule has 18 heavy (non-hydrogen) atoms. The summed E-state index contributed by atoms with van der Waals surface area (Å²) in [5.41, 5.74) is 1.27. The molecule has 0 spiro atoms. The largest absolute Gasteiger partial charge is 0.312 e. The van der Waals surface area contributed by atoms with Crippen molar-refractivity contribution in [2.45, 2.75) is 32.9 Å². The zero-order valence-electron chi connectivity index (χ0n) is 11.3. The van der Waals surface area contributed by atoms with Gasteiger partial charge in [0, 0.05) is 24.2 Å². The van der Waals surface area contributed by atoms with Crippen molar-refractivity contribution in [3.63, 3.8) is 0 Å². The van der Waals surface area contributed by atoms with E-state index in [1.165, 1.54) is 25.1 Å². The van der Waals surface area contributed by atoms with Gasteiger partial charge in [-0.05, 0) is 57.0 Å². The molecule has 2 rings (SSSR count). The van der Waals surface area contributed by atoms with Crippen LogP contribution >= 0.6 is 11.6 Å². The van der Waals surface area contributed by atoms with Crippen LogP contribution in [0.5, 0.6) is 0 Å². The number of nitrogens with zero attached hydrogens (tertiary/aromatic N) is 1. The van der Waals surface area contributed by atoms with E-state index in [1.54, 1.807) is 0 Å². The van der Waals surface area contributed by atoms with Gasteiger partial charge in [-0.3, -0.25) is 0 Å². The van der Waals surface area contributed by atoms with Crippen LogP contribution in [0, 0.1) is 5.92 Å². The molecule has 0 saturated carbocycles. The normalized spacial score (nSPS) is 20.8. The Labute approximate surface area is 115 Å². The van der Waals surface area contributed by atoms with Crippen molar-refractivity contribution in [1.29, 1.82) is 0 Å². The zero-order valence-corrected chi connectivity index (χ0v) is 12.1. The molecule has 1 aliphatic rings. The fourth-order valence-corrected chi connectivity index (χ4v) is 2.78. The molecule has 0 bridgehead atoms. The lowest BCUT2D eigenvalue weighted by Gasteiger charge is -2.20. The van der Waals surface area contributed by atoms with Gasteiger partial charge in [0.25, 0.3) is 0 Å². The van der Waals surface area contributed by atoms with Gasteiger partial charge in [0.05, 0.1) is 0 Å². The molecule has 1 fully saturated rings. The monoisotopic (exact) mass is 266 g/mol. The first-order valence-electron chi connectivity index (χ1n) is 6.84. The van der Waals surface area contributed by atoms with Gasteiger partial charge in [-0.1, -0.05) is 23.7 Å². The topological polar surface area (TPSA) is 15.3 Å². The summed E-state index contributed by atoms with van der Waals surface area (Å²) in [5.74, 6) is 0.798. The maximum Gasteiger partial charge on any atom is 0.0409 e. The molecule has 100 valence electrons. The van der Waals surface area contributed by atoms with Gasteiger partial charge in [-0.15, -0.1) is 0 Å². The van der Waals surface area contributed by atoms with E-state index in [4.69, 9.17) is 11.6 Å². The first-order chi connectivity index (χ1) is 8.65. The van der Waals surface area contributed by atoms with Crippen LogP contribution in [0.25, 0.3) is 0 Å². The van der Waals surface area contributed by atoms with Crippen molar-refractivity contribution in [1.82, 2.24) is 10.2 Å². The number of likely N-dealkylation sites (tertiary alicyclic amines) is 1. The Bertz CT molecular complexity index is 379. The minimum Gasteiger partial charge on any atom is -0.312 e. The van der Waals surface area contributed by atoms with Gasteiger partial charge < -0.3 is 10.2 Å². The van der Waals surface area contributed by atoms with Gasteiger partial charge in [0.2, 0.25) is 0 Å². The second kappa shape index (κ2) is 6.55. The molecule has 1 heterocycles. The van der Waals surface area contributed by atoms with Gasteiger partial charge in [0.15, 0.2) is 0 Å². The molecule has 1 atom stereocenters. The summed E-state index contributed by atoms with van der Waals surface area (Å²) in [6, 6.07) is 8.76. The van der Waals surface area contributed by atoms with E-state index in [0.717, 1.165) is 24.0 Å². The van der Waals surface area contributed by atoms with Crippen LogP contribution in [-0.4, -0.2) is 30.6 Å². The van der Waals surface area contributed by atoms with Crippen molar-refractivity contribution in [2.24, 2.45) is 5.92 Å². The quantitative estimate of drug-likeness (QED) is 0.881. The lowest BCUT2D eigenvalue weighted by Crippen LogP contribution is -2.30. The lowest BCUT2D eigenvalue weighted by molar-refractivity contribution is 0.264. The molecule has 0 amide bonds. The van der Waals surface area contributed by atoms with E-state index in [0.29, 0.717) is 6.04 Å². The predicted molar refractivity (Wildman–Crippen MR) is 78.0 cm³/mol. The molecule has 1 aromatic carbocycles. The number of nitrogens with one attached hydrogen (secondary N) is 1. The molecule has 1 aliphatic heterocycles. The minimum atomic E-state index is 0.683. The van der Waals surface area contributed by atoms with E-state index in [1.807, 2.05) is 18.2 Å². The highest BCUT2D eigenvalue weighted by Crippen LogP contribution is 2.18. The van der Waals surface area contributed by atoms with Crippen molar-refractivity contribution in [2.75, 3.05) is 19.6 Å². The Kier molecular flexibility index (Phi) is 5.04. The highest BCUT2D eigenvalue weighted by atomic mass is 35.5. The number of rotatable bonds is 5. The maximum atomic E-state index is 5.97. The maximum absolute atomic E-state index is 5.97. The molecule has 0 radical (unpaired) electrons. The van der Waals surface area contributed by atoms with Crippen molar-refractivity contribution >= 4 is 11.6 Å². The Morgan fingerprint density at radius 2 is 2.28 bits per heavy atom. The summed E-state index contributed by atoms with van der Waals surface area (Å²) in [6.45, 7) is 9.07. The molecule has 1 aromatic rings. The first kappa shape index (κ1) is 13.9. The van der Waals surface area contributed by atoms with Gasteiger partial charge in [-0.25, -0.2) is 0 Å². The van der Waals surface area contributed by atoms with E-state index >= 15 is 0 Å². The third-order valence-corrected chi connectivity index (χ3v) is 3.93. The highest BCUT2D eigenvalue weighted by Gasteiger charge is 2.23. The summed E-state index contributed by atoms with van der Waals surface area (Å²) in [5, 5.41) is 4.37. The molecule has 3 heteroatoms. The Balaban J connectivity index is 1.70. The number of halogens is 1. The van der Waals surface area contributed by atoms with Crippen molar-refractivity contribution in [3.8, 4) is 0 Å². The van der Waals surface area contributed by atoms with Crippen LogP contribution in [0.2, 0.25) is 5.02 Å². The number of benzene rings is 1. The molecular formula is C15H23ClN2. The highest BCUT2D eigenvalue weighted by molar-refractivity contribution is 6.30. The first-order valence-corrected chi connectivity index (χ1v) is 7.22. The molecule has 1 N–H and O–H groups in total. The summed E-state index contributed by atoms with van der Waals surface area (Å²) in [6.07, 6.45) is 1.32. The standard InChI is InChI=1S/C15H23ClN2/c1-12(2)18-7-6-14(11-18)10-17-9-13-4-3-5-15(16)8-13/h3-5,8,12,14,17H,6-7,9-11H2,1-2H3. The van der Waals surface area contributed by atoms with Crippen molar-refractivity contribution < 1.29 is 0 Å². The van der Waals surface area contributed by atoms with Crippen LogP contribution in [-0.2, 0) is 6.54 Å². The summed E-state index contributed by atoms with van der Waals surface area (Å²) >= 11 is 5.97. The number of hydrogen-bond donors (Lipinski definition) is 1. The predicted octanol–water partition coefficient (Wildman–Crippen LogP) is 3.16. The van der Waals surface area contributed by atoms with Crippen LogP contribution in [0.3, 0.4) is 0 Å². The Morgan fingerprint density at radius 1 is 1.44 bits per heavy atom. The minimum absolute atomic E-state index is 0.683. The van der Waals surface area contributed by atoms with Gasteiger partial charge in [0.1, 0.15) is 0 Å². The van der Waals surface area contributed by atoms with Crippen LogP contribution in [0.15, 0.2) is 24.3 Å². The molecular weight excluding hydrogens is 244 g/mol. The SMILES string of the molecule is CC(C)N1CCC(CNCc2cccc(Cl)c2)C1. The summed E-state index contributed by atoms with van der Waals surface area (Å²) < 4.78 is 0. The second-order valence-electron chi connectivity index (χ2n) is 5.50. The molecule has 1 unspecified atom stereocenters. The third-order valence-electron chi connectivity index (χ3n) is 3.70. The molecule has 1 saturated heterocycles. The van der Waals surface area contributed by atoms with Gasteiger partial charge >= 0.3 is 0 Å².